The fourth-order valence-corrected chi connectivity index (χ4v) is 1.73. The lowest BCUT2D eigenvalue weighted by Gasteiger charge is -2.02. The Morgan fingerprint density at radius 2 is 2.06 bits per heavy atom. The molecule has 0 aliphatic carbocycles. The van der Waals surface area contributed by atoms with Gasteiger partial charge in [-0.15, -0.1) is 0 Å². The van der Waals surface area contributed by atoms with Gasteiger partial charge in [0.1, 0.15) is 0 Å². The SMILES string of the molecule is Cc1cc(=O)n(-c2ccc3c(c2)OCO3)[nH]1. The Hall–Kier alpha value is -2.17. The standard InChI is InChI=1S/C11H10N2O3/c1-7-4-11(14)13(12-7)8-2-3-9-10(5-8)16-6-15-9/h2-5,12H,6H2,1H3. The van der Waals surface area contributed by atoms with Gasteiger partial charge < -0.3 is 9.47 Å². The summed E-state index contributed by atoms with van der Waals surface area (Å²) in [7, 11) is 0. The molecule has 0 unspecified atom stereocenters. The van der Waals surface area contributed by atoms with Crippen LogP contribution in [0.1, 0.15) is 5.69 Å². The fraction of sp³-hybridized carbons (Fsp3) is 0.182. The van der Waals surface area contributed by atoms with E-state index in [1.807, 2.05) is 13.0 Å². The van der Waals surface area contributed by atoms with Gasteiger partial charge in [-0.2, -0.15) is 0 Å². The van der Waals surface area contributed by atoms with E-state index in [4.69, 9.17) is 9.47 Å². The van der Waals surface area contributed by atoms with Crippen LogP contribution in [0.15, 0.2) is 29.1 Å². The molecule has 5 nitrogen and oxygen atoms in total. The summed E-state index contributed by atoms with van der Waals surface area (Å²) in [5, 5.41) is 2.96. The summed E-state index contributed by atoms with van der Waals surface area (Å²) >= 11 is 0. The molecule has 1 aliphatic rings. The van der Waals surface area contributed by atoms with Crippen molar-refractivity contribution in [1.82, 2.24) is 9.78 Å². The smallest absolute Gasteiger partial charge is 0.271 e. The number of nitrogens with zero attached hydrogens (tertiary/aromatic N) is 1. The summed E-state index contributed by atoms with van der Waals surface area (Å²) < 4.78 is 11.9. The minimum absolute atomic E-state index is 0.0867. The number of aromatic amines is 1. The van der Waals surface area contributed by atoms with Crippen molar-refractivity contribution in [3.8, 4) is 17.2 Å². The summed E-state index contributed by atoms with van der Waals surface area (Å²) in [5.41, 5.74) is 1.47. The third-order valence-corrected chi connectivity index (χ3v) is 2.46. The van der Waals surface area contributed by atoms with Crippen LogP contribution < -0.4 is 15.0 Å². The first-order valence-corrected chi connectivity index (χ1v) is 4.93. The first kappa shape index (κ1) is 9.08. The molecule has 0 spiro atoms. The van der Waals surface area contributed by atoms with Gasteiger partial charge in [0.15, 0.2) is 11.5 Å². The van der Waals surface area contributed by atoms with Gasteiger partial charge >= 0.3 is 0 Å². The number of hydrogen-bond acceptors (Lipinski definition) is 3. The van der Waals surface area contributed by atoms with Crippen LogP contribution in [0.4, 0.5) is 0 Å². The maximum absolute atomic E-state index is 11.6. The molecule has 0 atom stereocenters. The molecule has 1 aliphatic heterocycles. The van der Waals surface area contributed by atoms with Crippen molar-refractivity contribution in [2.45, 2.75) is 6.92 Å². The lowest BCUT2D eigenvalue weighted by molar-refractivity contribution is 0.174. The van der Waals surface area contributed by atoms with Gasteiger partial charge in [0, 0.05) is 17.8 Å². The number of fused-ring (bicyclic) bond motifs is 1. The monoisotopic (exact) mass is 218 g/mol. The highest BCUT2D eigenvalue weighted by Gasteiger charge is 2.14. The van der Waals surface area contributed by atoms with Crippen molar-refractivity contribution in [1.29, 1.82) is 0 Å². The molecule has 0 fully saturated rings. The highest BCUT2D eigenvalue weighted by atomic mass is 16.7. The largest absolute Gasteiger partial charge is 0.454 e. The Balaban J connectivity index is 2.14. The summed E-state index contributed by atoms with van der Waals surface area (Å²) in [4.78, 5) is 11.6. The summed E-state index contributed by atoms with van der Waals surface area (Å²) in [6.45, 7) is 2.07. The Bertz CT molecular complexity index is 598. The van der Waals surface area contributed by atoms with E-state index in [2.05, 4.69) is 5.10 Å². The van der Waals surface area contributed by atoms with Gasteiger partial charge in [-0.3, -0.25) is 9.89 Å². The van der Waals surface area contributed by atoms with Crippen molar-refractivity contribution < 1.29 is 9.47 Å². The highest BCUT2D eigenvalue weighted by molar-refractivity contribution is 5.49. The van der Waals surface area contributed by atoms with Gasteiger partial charge in [0.25, 0.3) is 5.56 Å². The van der Waals surface area contributed by atoms with Crippen LogP contribution in [-0.2, 0) is 0 Å². The minimum Gasteiger partial charge on any atom is -0.454 e. The molecule has 82 valence electrons. The van der Waals surface area contributed by atoms with Crippen LogP contribution in [0.3, 0.4) is 0 Å². The van der Waals surface area contributed by atoms with Gasteiger partial charge in [-0.25, -0.2) is 4.68 Å². The Morgan fingerprint density at radius 3 is 2.81 bits per heavy atom. The van der Waals surface area contributed by atoms with E-state index in [1.165, 1.54) is 4.68 Å². The van der Waals surface area contributed by atoms with E-state index in [9.17, 15) is 4.79 Å². The van der Waals surface area contributed by atoms with Crippen LogP contribution in [0.25, 0.3) is 5.69 Å². The molecule has 0 amide bonds. The molecule has 0 radical (unpaired) electrons. The van der Waals surface area contributed by atoms with Gasteiger partial charge in [0.2, 0.25) is 6.79 Å². The second-order valence-corrected chi connectivity index (χ2v) is 3.65. The predicted molar refractivity (Wildman–Crippen MR) is 57.2 cm³/mol. The topological polar surface area (TPSA) is 56.2 Å². The van der Waals surface area contributed by atoms with E-state index in [1.54, 1.807) is 18.2 Å². The van der Waals surface area contributed by atoms with Crippen molar-refractivity contribution in [2.24, 2.45) is 0 Å². The number of hydrogen-bond donors (Lipinski definition) is 1. The average molecular weight is 218 g/mol. The Morgan fingerprint density at radius 1 is 1.25 bits per heavy atom. The van der Waals surface area contributed by atoms with E-state index in [0.717, 1.165) is 11.4 Å². The van der Waals surface area contributed by atoms with Crippen LogP contribution in [-0.4, -0.2) is 16.6 Å². The zero-order valence-corrected chi connectivity index (χ0v) is 8.69. The molecule has 0 saturated heterocycles. The van der Waals surface area contributed by atoms with Crippen LogP contribution in [0.2, 0.25) is 0 Å². The summed E-state index contributed by atoms with van der Waals surface area (Å²) in [6.07, 6.45) is 0. The molecule has 0 saturated carbocycles. The third kappa shape index (κ3) is 1.29. The number of rotatable bonds is 1. The molecule has 2 heterocycles. The predicted octanol–water partition coefficient (Wildman–Crippen LogP) is 1.20. The number of nitrogens with one attached hydrogen (secondary N) is 1. The maximum atomic E-state index is 11.6. The van der Waals surface area contributed by atoms with E-state index in [0.29, 0.717) is 11.5 Å². The lowest BCUT2D eigenvalue weighted by atomic mass is 10.3. The zero-order chi connectivity index (χ0) is 11.1. The van der Waals surface area contributed by atoms with Crippen LogP contribution >= 0.6 is 0 Å². The van der Waals surface area contributed by atoms with E-state index < -0.39 is 0 Å². The van der Waals surface area contributed by atoms with E-state index in [-0.39, 0.29) is 12.4 Å². The summed E-state index contributed by atoms with van der Waals surface area (Å²) in [5.74, 6) is 1.37. The molecule has 2 aromatic rings. The van der Waals surface area contributed by atoms with Crippen LogP contribution in [0.5, 0.6) is 11.5 Å². The molecular weight excluding hydrogens is 208 g/mol. The van der Waals surface area contributed by atoms with Crippen LogP contribution in [0, 0.1) is 6.92 Å². The first-order valence-electron chi connectivity index (χ1n) is 4.93. The van der Waals surface area contributed by atoms with Gasteiger partial charge in [-0.1, -0.05) is 0 Å². The van der Waals surface area contributed by atoms with Crippen molar-refractivity contribution in [3.05, 3.63) is 40.3 Å². The Labute approximate surface area is 91.2 Å². The second-order valence-electron chi connectivity index (χ2n) is 3.65. The van der Waals surface area contributed by atoms with E-state index >= 15 is 0 Å². The van der Waals surface area contributed by atoms with Crippen molar-refractivity contribution in [3.63, 3.8) is 0 Å². The number of aromatic nitrogens is 2. The maximum Gasteiger partial charge on any atom is 0.271 e. The molecule has 1 aromatic heterocycles. The van der Waals surface area contributed by atoms with Crippen molar-refractivity contribution in [2.75, 3.05) is 6.79 Å². The quantitative estimate of drug-likeness (QED) is 0.782. The minimum atomic E-state index is -0.0867. The molecule has 3 rings (SSSR count). The number of aryl methyl sites for hydroxylation is 1. The highest BCUT2D eigenvalue weighted by Crippen LogP contribution is 2.33. The lowest BCUT2D eigenvalue weighted by Crippen LogP contribution is -2.13. The molecule has 5 heteroatoms. The molecule has 1 aromatic carbocycles. The normalized spacial score (nSPS) is 13.1. The fourth-order valence-electron chi connectivity index (χ4n) is 1.73. The number of benzene rings is 1. The molecule has 1 N–H and O–H groups in total. The number of ether oxygens (including phenoxy) is 2. The van der Waals surface area contributed by atoms with Crippen molar-refractivity contribution >= 4 is 0 Å². The van der Waals surface area contributed by atoms with Gasteiger partial charge in [-0.05, 0) is 19.1 Å². The zero-order valence-electron chi connectivity index (χ0n) is 8.69. The molecule has 16 heavy (non-hydrogen) atoms. The average Bonchev–Trinajstić information content (AvgIpc) is 2.83. The molecule has 0 bridgehead atoms. The number of H-pyrrole nitrogens is 1. The second kappa shape index (κ2) is 3.16. The third-order valence-electron chi connectivity index (χ3n) is 2.46. The van der Waals surface area contributed by atoms with Gasteiger partial charge in [0.05, 0.1) is 5.69 Å². The Kier molecular flexibility index (Phi) is 1.80. The first-order chi connectivity index (χ1) is 7.74. The summed E-state index contributed by atoms with van der Waals surface area (Å²) in [6, 6.07) is 6.93. The molecular formula is C11H10N2O3.